The molecule has 1 saturated heterocycles. The Morgan fingerprint density at radius 2 is 1.89 bits per heavy atom. The van der Waals surface area contributed by atoms with Gasteiger partial charge in [0.2, 0.25) is 5.91 Å². The number of fused-ring (bicyclic) bond motifs is 1. The van der Waals surface area contributed by atoms with Gasteiger partial charge in [-0.25, -0.2) is 0 Å². The number of rotatable bonds is 5. The number of likely N-dealkylation sites (tertiary alicyclic amines) is 1. The van der Waals surface area contributed by atoms with Crippen LogP contribution in [-0.2, 0) is 17.8 Å². The first-order valence-corrected chi connectivity index (χ1v) is 10.00. The first-order chi connectivity index (χ1) is 13.7. The zero-order chi connectivity index (χ0) is 19.5. The summed E-state index contributed by atoms with van der Waals surface area (Å²) in [6, 6.07) is 14.4. The van der Waals surface area contributed by atoms with Gasteiger partial charge in [0.1, 0.15) is 11.5 Å². The molecule has 0 aliphatic carbocycles. The molecule has 0 saturated carbocycles. The highest BCUT2D eigenvalue weighted by atomic mass is 16.5. The number of ether oxygens (including phenoxy) is 2. The number of hydrogen-bond acceptors (Lipinski definition) is 4. The molecular weight excluding hydrogens is 352 g/mol. The van der Waals surface area contributed by atoms with Crippen LogP contribution in [0.25, 0.3) is 0 Å². The zero-order valence-corrected chi connectivity index (χ0v) is 16.7. The van der Waals surface area contributed by atoms with E-state index in [2.05, 4.69) is 29.2 Å². The molecule has 1 atom stereocenters. The molecule has 5 heteroatoms. The van der Waals surface area contributed by atoms with Crippen LogP contribution in [-0.4, -0.2) is 49.6 Å². The molecule has 0 N–H and O–H groups in total. The van der Waals surface area contributed by atoms with Crippen molar-refractivity contribution in [1.82, 2.24) is 9.80 Å². The molecule has 1 fully saturated rings. The van der Waals surface area contributed by atoms with Gasteiger partial charge in [0.25, 0.3) is 0 Å². The lowest BCUT2D eigenvalue weighted by atomic mass is 10.00. The van der Waals surface area contributed by atoms with E-state index in [0.717, 1.165) is 56.0 Å². The van der Waals surface area contributed by atoms with Gasteiger partial charge in [-0.15, -0.1) is 0 Å². The van der Waals surface area contributed by atoms with Crippen molar-refractivity contribution in [3.63, 3.8) is 0 Å². The summed E-state index contributed by atoms with van der Waals surface area (Å²) in [7, 11) is 3.34. The Bertz CT molecular complexity index is 851. The molecule has 0 radical (unpaired) electrons. The number of methoxy groups -OCH3 is 2. The van der Waals surface area contributed by atoms with Gasteiger partial charge >= 0.3 is 0 Å². The van der Waals surface area contributed by atoms with Crippen molar-refractivity contribution in [2.45, 2.75) is 31.8 Å². The molecule has 1 amide bonds. The lowest BCUT2D eigenvalue weighted by Gasteiger charge is -2.32. The fourth-order valence-electron chi connectivity index (χ4n) is 4.46. The predicted octanol–water partition coefficient (Wildman–Crippen LogP) is 3.43. The Kier molecular flexibility index (Phi) is 5.53. The fraction of sp³-hybridized carbons (Fsp3) is 0.435. The molecule has 0 spiro atoms. The maximum Gasteiger partial charge on any atom is 0.237 e. The van der Waals surface area contributed by atoms with E-state index in [9.17, 15) is 4.79 Å². The number of carbonyl (C=O) groups is 1. The van der Waals surface area contributed by atoms with Crippen LogP contribution in [0.15, 0.2) is 42.5 Å². The lowest BCUT2D eigenvalue weighted by molar-refractivity contribution is -0.133. The van der Waals surface area contributed by atoms with E-state index in [4.69, 9.17) is 9.47 Å². The van der Waals surface area contributed by atoms with Crippen LogP contribution in [0.1, 0.15) is 35.6 Å². The number of carbonyl (C=O) groups excluding carboxylic acids is 1. The van der Waals surface area contributed by atoms with Crippen molar-refractivity contribution in [3.05, 3.63) is 59.2 Å². The molecule has 0 unspecified atom stereocenters. The largest absolute Gasteiger partial charge is 0.497 e. The van der Waals surface area contributed by atoms with Crippen LogP contribution < -0.4 is 9.47 Å². The van der Waals surface area contributed by atoms with Crippen LogP contribution >= 0.6 is 0 Å². The van der Waals surface area contributed by atoms with Crippen LogP contribution in [0.5, 0.6) is 11.5 Å². The summed E-state index contributed by atoms with van der Waals surface area (Å²) in [5.74, 6) is 1.81. The topological polar surface area (TPSA) is 42.0 Å². The summed E-state index contributed by atoms with van der Waals surface area (Å²) in [4.78, 5) is 17.5. The second-order valence-corrected chi connectivity index (χ2v) is 7.58. The second-order valence-electron chi connectivity index (χ2n) is 7.58. The third-order valence-corrected chi connectivity index (χ3v) is 5.94. The zero-order valence-electron chi connectivity index (χ0n) is 16.7. The number of benzene rings is 2. The minimum atomic E-state index is 0.0506. The van der Waals surface area contributed by atoms with Crippen molar-refractivity contribution in [3.8, 4) is 11.5 Å². The van der Waals surface area contributed by atoms with E-state index in [-0.39, 0.29) is 11.9 Å². The van der Waals surface area contributed by atoms with Gasteiger partial charge in [-0.1, -0.05) is 24.3 Å². The predicted molar refractivity (Wildman–Crippen MR) is 109 cm³/mol. The summed E-state index contributed by atoms with van der Waals surface area (Å²) >= 11 is 0. The Balaban J connectivity index is 1.49. The molecule has 2 aliphatic heterocycles. The Morgan fingerprint density at radius 3 is 2.68 bits per heavy atom. The maximum absolute atomic E-state index is 13.2. The van der Waals surface area contributed by atoms with Crippen molar-refractivity contribution in [2.24, 2.45) is 0 Å². The SMILES string of the molecule is COc1ccc(OC)c([C@H]2CCCN2C(=O)CN2CCc3ccccc3C2)c1. The van der Waals surface area contributed by atoms with Crippen molar-refractivity contribution in [2.75, 3.05) is 33.9 Å². The summed E-state index contributed by atoms with van der Waals surface area (Å²) < 4.78 is 11.0. The second kappa shape index (κ2) is 8.23. The van der Waals surface area contributed by atoms with Gasteiger partial charge in [0, 0.05) is 25.2 Å². The van der Waals surface area contributed by atoms with Crippen molar-refractivity contribution >= 4 is 5.91 Å². The number of nitrogens with zero attached hydrogens (tertiary/aromatic N) is 2. The van der Waals surface area contributed by atoms with Gasteiger partial charge in [-0.2, -0.15) is 0 Å². The van der Waals surface area contributed by atoms with Crippen LogP contribution in [0.4, 0.5) is 0 Å². The highest BCUT2D eigenvalue weighted by Crippen LogP contribution is 2.39. The third kappa shape index (κ3) is 3.72. The summed E-state index contributed by atoms with van der Waals surface area (Å²) in [5.41, 5.74) is 3.79. The van der Waals surface area contributed by atoms with Gasteiger partial charge in [-0.05, 0) is 48.6 Å². The quantitative estimate of drug-likeness (QED) is 0.797. The Hall–Kier alpha value is -2.53. The number of amides is 1. The molecule has 2 aromatic carbocycles. The molecule has 4 rings (SSSR count). The summed E-state index contributed by atoms with van der Waals surface area (Å²) in [5, 5.41) is 0. The maximum atomic E-state index is 13.2. The highest BCUT2D eigenvalue weighted by Gasteiger charge is 2.33. The summed E-state index contributed by atoms with van der Waals surface area (Å²) in [6.45, 7) is 3.05. The lowest BCUT2D eigenvalue weighted by Crippen LogP contribution is -2.42. The van der Waals surface area contributed by atoms with E-state index >= 15 is 0 Å². The van der Waals surface area contributed by atoms with Gasteiger partial charge in [0.15, 0.2) is 0 Å². The average molecular weight is 380 g/mol. The molecule has 0 aromatic heterocycles. The van der Waals surface area contributed by atoms with E-state index in [1.54, 1.807) is 14.2 Å². The van der Waals surface area contributed by atoms with Crippen LogP contribution in [0.2, 0.25) is 0 Å². The van der Waals surface area contributed by atoms with Crippen molar-refractivity contribution in [1.29, 1.82) is 0 Å². The first-order valence-electron chi connectivity index (χ1n) is 10.00. The molecule has 2 aromatic rings. The van der Waals surface area contributed by atoms with Crippen LogP contribution in [0, 0.1) is 0 Å². The normalized spacial score (nSPS) is 19.4. The molecule has 0 bridgehead atoms. The summed E-state index contributed by atoms with van der Waals surface area (Å²) in [6.07, 6.45) is 2.98. The van der Waals surface area contributed by atoms with Gasteiger partial charge in [-0.3, -0.25) is 9.69 Å². The van der Waals surface area contributed by atoms with E-state index in [1.165, 1.54) is 11.1 Å². The van der Waals surface area contributed by atoms with E-state index in [1.807, 2.05) is 23.1 Å². The minimum Gasteiger partial charge on any atom is -0.497 e. The van der Waals surface area contributed by atoms with Crippen molar-refractivity contribution < 1.29 is 14.3 Å². The van der Waals surface area contributed by atoms with E-state index < -0.39 is 0 Å². The molecule has 28 heavy (non-hydrogen) atoms. The molecule has 5 nitrogen and oxygen atoms in total. The van der Waals surface area contributed by atoms with Gasteiger partial charge < -0.3 is 14.4 Å². The van der Waals surface area contributed by atoms with Crippen LogP contribution in [0.3, 0.4) is 0 Å². The average Bonchev–Trinajstić information content (AvgIpc) is 3.23. The smallest absolute Gasteiger partial charge is 0.237 e. The minimum absolute atomic E-state index is 0.0506. The fourth-order valence-corrected chi connectivity index (χ4v) is 4.46. The highest BCUT2D eigenvalue weighted by molar-refractivity contribution is 5.79. The standard InChI is InChI=1S/C23H28N2O3/c1-27-19-9-10-22(28-2)20(14-19)21-8-5-12-25(21)23(26)16-24-13-11-17-6-3-4-7-18(17)15-24/h3-4,6-7,9-10,14,21H,5,8,11-13,15-16H2,1-2H3/t21-/m1/s1. The first kappa shape index (κ1) is 18.8. The van der Waals surface area contributed by atoms with E-state index in [0.29, 0.717) is 6.54 Å². The molecule has 2 aliphatic rings. The Morgan fingerprint density at radius 1 is 1.07 bits per heavy atom. The van der Waals surface area contributed by atoms with Gasteiger partial charge in [0.05, 0.1) is 26.8 Å². The molecule has 2 heterocycles. The monoisotopic (exact) mass is 380 g/mol. The number of hydrogen-bond donors (Lipinski definition) is 0. The third-order valence-electron chi connectivity index (χ3n) is 5.94. The molecule has 148 valence electrons. The Labute approximate surface area is 166 Å². The molecular formula is C23H28N2O3.